The number of urea groups is 1. The molecule has 1 heterocycles. The highest BCUT2D eigenvalue weighted by atomic mass is 35.5. The van der Waals surface area contributed by atoms with Crippen LogP contribution in [0.15, 0.2) is 18.2 Å². The van der Waals surface area contributed by atoms with Crippen LogP contribution in [-0.2, 0) is 4.74 Å². The largest absolute Gasteiger partial charge is 0.442 e. The summed E-state index contributed by atoms with van der Waals surface area (Å²) in [5.74, 6) is 0. The minimum atomic E-state index is -0.467. The van der Waals surface area contributed by atoms with Crippen molar-refractivity contribution < 1.29 is 14.3 Å². The lowest BCUT2D eigenvalue weighted by Crippen LogP contribution is -2.43. The molecule has 0 bridgehead atoms. The molecule has 1 aliphatic heterocycles. The molecule has 0 saturated carbocycles. The van der Waals surface area contributed by atoms with Crippen molar-refractivity contribution in [2.45, 2.75) is 20.0 Å². The summed E-state index contributed by atoms with van der Waals surface area (Å²) < 4.78 is 5.27. The monoisotopic (exact) mass is 359 g/mol. The first kappa shape index (κ1) is 17.7. The van der Waals surface area contributed by atoms with E-state index in [-0.39, 0.29) is 12.6 Å². The standard InChI is InChI=1S/C15H19Cl2N3O3/c1-3-19(4-2)14(21)18-8-11-9-20(15(22)23-11)10-5-6-12(16)13(17)7-10/h5-7,11H,3-4,8-9H2,1-2H3,(H,18,21)/t11-/m0/s1. The third-order valence-electron chi connectivity index (χ3n) is 3.62. The SMILES string of the molecule is CCN(CC)C(=O)NC[C@H]1CN(c2ccc(Cl)c(Cl)c2)C(=O)O1. The van der Waals surface area contributed by atoms with Crippen LogP contribution >= 0.6 is 23.2 Å². The van der Waals surface area contributed by atoms with Gasteiger partial charge in [0.05, 0.1) is 23.1 Å². The van der Waals surface area contributed by atoms with Gasteiger partial charge in [0, 0.05) is 18.8 Å². The van der Waals surface area contributed by atoms with E-state index in [1.165, 1.54) is 4.90 Å². The molecule has 23 heavy (non-hydrogen) atoms. The molecule has 1 aliphatic rings. The molecule has 0 unspecified atom stereocenters. The molecule has 0 radical (unpaired) electrons. The zero-order valence-electron chi connectivity index (χ0n) is 13.0. The van der Waals surface area contributed by atoms with Crippen LogP contribution in [0.4, 0.5) is 15.3 Å². The summed E-state index contributed by atoms with van der Waals surface area (Å²) >= 11 is 11.8. The van der Waals surface area contributed by atoms with Crippen molar-refractivity contribution in [1.29, 1.82) is 0 Å². The van der Waals surface area contributed by atoms with Crippen molar-refractivity contribution in [3.63, 3.8) is 0 Å². The van der Waals surface area contributed by atoms with Crippen molar-refractivity contribution in [2.75, 3.05) is 31.1 Å². The van der Waals surface area contributed by atoms with Crippen LogP contribution < -0.4 is 10.2 Å². The minimum Gasteiger partial charge on any atom is -0.442 e. The molecule has 0 spiro atoms. The molecule has 126 valence electrons. The van der Waals surface area contributed by atoms with Crippen molar-refractivity contribution >= 4 is 41.0 Å². The predicted molar refractivity (Wildman–Crippen MR) is 90.4 cm³/mol. The molecule has 1 saturated heterocycles. The average Bonchev–Trinajstić information content (AvgIpc) is 2.90. The first-order valence-corrected chi connectivity index (χ1v) is 8.17. The molecule has 1 fully saturated rings. The predicted octanol–water partition coefficient (Wildman–Crippen LogP) is 3.37. The van der Waals surface area contributed by atoms with Gasteiger partial charge in [0.2, 0.25) is 0 Å². The summed E-state index contributed by atoms with van der Waals surface area (Å²) in [4.78, 5) is 27.0. The number of ether oxygens (including phenoxy) is 1. The maximum Gasteiger partial charge on any atom is 0.414 e. The van der Waals surface area contributed by atoms with E-state index in [1.54, 1.807) is 23.1 Å². The van der Waals surface area contributed by atoms with Crippen LogP contribution in [-0.4, -0.2) is 49.3 Å². The zero-order valence-corrected chi connectivity index (χ0v) is 14.5. The fourth-order valence-electron chi connectivity index (χ4n) is 2.32. The van der Waals surface area contributed by atoms with E-state index in [2.05, 4.69) is 5.32 Å². The smallest absolute Gasteiger partial charge is 0.414 e. The van der Waals surface area contributed by atoms with Gasteiger partial charge in [0.1, 0.15) is 6.10 Å². The number of hydrogen-bond donors (Lipinski definition) is 1. The molecule has 1 aromatic rings. The van der Waals surface area contributed by atoms with Gasteiger partial charge in [-0.2, -0.15) is 0 Å². The van der Waals surface area contributed by atoms with Crippen molar-refractivity contribution in [3.8, 4) is 0 Å². The number of cyclic esters (lactones) is 1. The molecule has 1 atom stereocenters. The Morgan fingerprint density at radius 3 is 2.65 bits per heavy atom. The summed E-state index contributed by atoms with van der Waals surface area (Å²) in [5, 5.41) is 3.57. The number of carbonyl (C=O) groups is 2. The van der Waals surface area contributed by atoms with Gasteiger partial charge in [-0.15, -0.1) is 0 Å². The summed E-state index contributed by atoms with van der Waals surface area (Å²) in [6, 6.07) is 4.77. The van der Waals surface area contributed by atoms with E-state index in [0.29, 0.717) is 35.4 Å². The number of rotatable bonds is 5. The second-order valence-electron chi connectivity index (χ2n) is 5.07. The Morgan fingerprint density at radius 2 is 2.04 bits per heavy atom. The Balaban J connectivity index is 1.94. The van der Waals surface area contributed by atoms with Crippen LogP contribution in [0.2, 0.25) is 10.0 Å². The Bertz CT molecular complexity index is 593. The van der Waals surface area contributed by atoms with E-state index in [1.807, 2.05) is 13.8 Å². The third kappa shape index (κ3) is 4.20. The number of nitrogens with one attached hydrogen (secondary N) is 1. The number of amides is 3. The second kappa shape index (κ2) is 7.75. The fraction of sp³-hybridized carbons (Fsp3) is 0.467. The van der Waals surface area contributed by atoms with E-state index in [4.69, 9.17) is 27.9 Å². The highest BCUT2D eigenvalue weighted by Crippen LogP contribution is 2.29. The normalized spacial score (nSPS) is 17.1. The van der Waals surface area contributed by atoms with E-state index < -0.39 is 12.2 Å². The fourth-order valence-corrected chi connectivity index (χ4v) is 2.61. The van der Waals surface area contributed by atoms with Crippen LogP contribution in [0.25, 0.3) is 0 Å². The maximum atomic E-state index is 12.0. The van der Waals surface area contributed by atoms with Gasteiger partial charge in [-0.3, -0.25) is 4.90 Å². The summed E-state index contributed by atoms with van der Waals surface area (Å²) in [6.45, 7) is 5.67. The topological polar surface area (TPSA) is 61.9 Å². The molecular weight excluding hydrogens is 341 g/mol. The summed E-state index contributed by atoms with van der Waals surface area (Å²) in [7, 11) is 0. The Hall–Kier alpha value is -1.66. The molecule has 8 heteroatoms. The van der Waals surface area contributed by atoms with Crippen LogP contribution in [0, 0.1) is 0 Å². The van der Waals surface area contributed by atoms with E-state index in [0.717, 1.165) is 0 Å². The summed E-state index contributed by atoms with van der Waals surface area (Å²) in [5.41, 5.74) is 0.613. The average molecular weight is 360 g/mol. The highest BCUT2D eigenvalue weighted by Gasteiger charge is 2.32. The molecule has 1 aromatic carbocycles. The number of anilines is 1. The van der Waals surface area contributed by atoms with Gasteiger partial charge in [0.15, 0.2) is 0 Å². The van der Waals surface area contributed by atoms with Gasteiger partial charge < -0.3 is 15.0 Å². The number of carbonyl (C=O) groups excluding carboxylic acids is 2. The quantitative estimate of drug-likeness (QED) is 0.876. The lowest BCUT2D eigenvalue weighted by molar-refractivity contribution is 0.138. The lowest BCUT2D eigenvalue weighted by Gasteiger charge is -2.20. The molecular formula is C15H19Cl2N3O3. The van der Waals surface area contributed by atoms with Gasteiger partial charge in [-0.25, -0.2) is 9.59 Å². The van der Waals surface area contributed by atoms with Crippen molar-refractivity contribution in [3.05, 3.63) is 28.2 Å². The van der Waals surface area contributed by atoms with E-state index in [9.17, 15) is 9.59 Å². The second-order valence-corrected chi connectivity index (χ2v) is 5.89. The Morgan fingerprint density at radius 1 is 1.35 bits per heavy atom. The van der Waals surface area contributed by atoms with Gasteiger partial charge >= 0.3 is 12.1 Å². The van der Waals surface area contributed by atoms with Crippen molar-refractivity contribution in [1.82, 2.24) is 10.2 Å². The number of benzene rings is 1. The van der Waals surface area contributed by atoms with Crippen LogP contribution in [0.3, 0.4) is 0 Å². The van der Waals surface area contributed by atoms with Crippen LogP contribution in [0.1, 0.15) is 13.8 Å². The summed E-state index contributed by atoms with van der Waals surface area (Å²) in [6.07, 6.45) is -0.873. The van der Waals surface area contributed by atoms with Gasteiger partial charge in [-0.05, 0) is 32.0 Å². The number of halogens is 2. The first-order valence-electron chi connectivity index (χ1n) is 7.42. The van der Waals surface area contributed by atoms with Crippen molar-refractivity contribution in [2.24, 2.45) is 0 Å². The number of nitrogens with zero attached hydrogens (tertiary/aromatic N) is 2. The maximum absolute atomic E-state index is 12.0. The van der Waals surface area contributed by atoms with Gasteiger partial charge in [-0.1, -0.05) is 23.2 Å². The Kier molecular flexibility index (Phi) is 5.96. The highest BCUT2D eigenvalue weighted by molar-refractivity contribution is 6.42. The minimum absolute atomic E-state index is 0.168. The molecule has 0 aromatic heterocycles. The Labute approximate surface area is 145 Å². The molecule has 2 rings (SSSR count). The van der Waals surface area contributed by atoms with Gasteiger partial charge in [0.25, 0.3) is 0 Å². The zero-order chi connectivity index (χ0) is 17.0. The number of hydrogen-bond acceptors (Lipinski definition) is 3. The first-order chi connectivity index (χ1) is 11.0. The molecule has 3 amide bonds. The molecule has 6 nitrogen and oxygen atoms in total. The molecule has 0 aliphatic carbocycles. The van der Waals surface area contributed by atoms with Crippen LogP contribution in [0.5, 0.6) is 0 Å². The van der Waals surface area contributed by atoms with E-state index >= 15 is 0 Å². The third-order valence-corrected chi connectivity index (χ3v) is 4.36. The molecule has 1 N–H and O–H groups in total. The lowest BCUT2D eigenvalue weighted by atomic mass is 10.2.